The van der Waals surface area contributed by atoms with E-state index < -0.39 is 0 Å². The molecule has 0 unspecified atom stereocenters. The van der Waals surface area contributed by atoms with Gasteiger partial charge in [-0.2, -0.15) is 0 Å². The SMILES string of the molecule is CN1CCC(OCCOCCN2CCC(N)CC2)CC1. The molecule has 5 nitrogen and oxygen atoms in total. The lowest BCUT2D eigenvalue weighted by Crippen LogP contribution is -2.41. The van der Waals surface area contributed by atoms with Crippen molar-refractivity contribution < 1.29 is 9.47 Å². The number of ether oxygens (including phenoxy) is 2. The molecule has 2 heterocycles. The second kappa shape index (κ2) is 8.95. The van der Waals surface area contributed by atoms with Gasteiger partial charge in [0.05, 0.1) is 25.9 Å². The summed E-state index contributed by atoms with van der Waals surface area (Å²) in [5.41, 5.74) is 5.89. The maximum absolute atomic E-state index is 5.89. The molecular formula is C15H31N3O2. The van der Waals surface area contributed by atoms with E-state index in [4.69, 9.17) is 15.2 Å². The van der Waals surface area contributed by atoms with E-state index in [-0.39, 0.29) is 0 Å². The normalized spacial score (nSPS) is 24.3. The molecule has 0 atom stereocenters. The van der Waals surface area contributed by atoms with Crippen molar-refractivity contribution in [3.63, 3.8) is 0 Å². The summed E-state index contributed by atoms with van der Waals surface area (Å²) >= 11 is 0. The van der Waals surface area contributed by atoms with Crippen LogP contribution in [0.1, 0.15) is 25.7 Å². The van der Waals surface area contributed by atoms with Gasteiger partial charge in [0.2, 0.25) is 0 Å². The Kier molecular flexibility index (Phi) is 7.24. The first kappa shape index (κ1) is 16.2. The molecule has 2 N–H and O–H groups in total. The van der Waals surface area contributed by atoms with E-state index in [1.54, 1.807) is 0 Å². The zero-order valence-electron chi connectivity index (χ0n) is 12.9. The third-order valence-electron chi connectivity index (χ3n) is 4.43. The largest absolute Gasteiger partial charge is 0.378 e. The van der Waals surface area contributed by atoms with Crippen LogP contribution in [0.2, 0.25) is 0 Å². The summed E-state index contributed by atoms with van der Waals surface area (Å²) in [6, 6.07) is 0.412. The molecule has 0 bridgehead atoms. The van der Waals surface area contributed by atoms with Crippen LogP contribution in [0.25, 0.3) is 0 Å². The van der Waals surface area contributed by atoms with Gasteiger partial charge in [0.1, 0.15) is 0 Å². The molecular weight excluding hydrogens is 254 g/mol. The molecule has 5 heteroatoms. The Balaban J connectivity index is 1.40. The van der Waals surface area contributed by atoms with Crippen LogP contribution >= 0.6 is 0 Å². The number of hydrogen-bond acceptors (Lipinski definition) is 5. The Labute approximate surface area is 123 Å². The minimum absolute atomic E-state index is 0.412. The van der Waals surface area contributed by atoms with Gasteiger partial charge in [-0.1, -0.05) is 0 Å². The minimum atomic E-state index is 0.412. The van der Waals surface area contributed by atoms with Crippen molar-refractivity contribution in [1.29, 1.82) is 0 Å². The lowest BCUT2D eigenvalue weighted by atomic mass is 10.1. The van der Waals surface area contributed by atoms with Gasteiger partial charge in [-0.15, -0.1) is 0 Å². The van der Waals surface area contributed by atoms with Crippen molar-refractivity contribution in [3.8, 4) is 0 Å². The summed E-state index contributed by atoms with van der Waals surface area (Å²) in [6.07, 6.45) is 5.01. The van der Waals surface area contributed by atoms with E-state index in [0.29, 0.717) is 12.1 Å². The van der Waals surface area contributed by atoms with Crippen molar-refractivity contribution in [2.24, 2.45) is 5.73 Å². The molecule has 0 radical (unpaired) electrons. The van der Waals surface area contributed by atoms with Crippen LogP contribution in [-0.2, 0) is 9.47 Å². The van der Waals surface area contributed by atoms with Crippen LogP contribution in [0.3, 0.4) is 0 Å². The van der Waals surface area contributed by atoms with Crippen LogP contribution in [0.5, 0.6) is 0 Å². The van der Waals surface area contributed by atoms with Gasteiger partial charge < -0.3 is 25.0 Å². The van der Waals surface area contributed by atoms with Crippen LogP contribution in [-0.4, -0.2) is 81.5 Å². The Morgan fingerprint density at radius 2 is 1.65 bits per heavy atom. The molecule has 118 valence electrons. The highest BCUT2D eigenvalue weighted by molar-refractivity contribution is 4.73. The predicted molar refractivity (Wildman–Crippen MR) is 80.9 cm³/mol. The molecule has 20 heavy (non-hydrogen) atoms. The Bertz CT molecular complexity index is 224. The van der Waals surface area contributed by atoms with Gasteiger partial charge in [-0.05, 0) is 45.8 Å². The molecule has 2 fully saturated rings. The highest BCUT2D eigenvalue weighted by atomic mass is 16.5. The average Bonchev–Trinajstić information content (AvgIpc) is 2.46. The quantitative estimate of drug-likeness (QED) is 0.692. The molecule has 0 aliphatic carbocycles. The number of nitrogens with two attached hydrogens (primary N) is 1. The van der Waals surface area contributed by atoms with Crippen LogP contribution in [0.15, 0.2) is 0 Å². The van der Waals surface area contributed by atoms with Gasteiger partial charge in [0, 0.05) is 25.7 Å². The second-order valence-corrected chi connectivity index (χ2v) is 6.16. The van der Waals surface area contributed by atoms with Crippen LogP contribution < -0.4 is 5.73 Å². The van der Waals surface area contributed by atoms with Gasteiger partial charge in [0.25, 0.3) is 0 Å². The highest BCUT2D eigenvalue weighted by Gasteiger charge is 2.17. The molecule has 0 amide bonds. The molecule has 0 spiro atoms. The Hall–Kier alpha value is -0.200. The van der Waals surface area contributed by atoms with Crippen molar-refractivity contribution >= 4 is 0 Å². The summed E-state index contributed by atoms with van der Waals surface area (Å²) in [5.74, 6) is 0. The van der Waals surface area contributed by atoms with E-state index in [1.807, 2.05) is 0 Å². The zero-order valence-corrected chi connectivity index (χ0v) is 12.9. The number of likely N-dealkylation sites (tertiary alicyclic amines) is 2. The topological polar surface area (TPSA) is 51.0 Å². The van der Waals surface area contributed by atoms with Crippen molar-refractivity contribution in [3.05, 3.63) is 0 Å². The molecule has 2 rings (SSSR count). The lowest BCUT2D eigenvalue weighted by molar-refractivity contribution is -0.0223. The first-order chi connectivity index (χ1) is 9.74. The van der Waals surface area contributed by atoms with E-state index in [9.17, 15) is 0 Å². The maximum Gasteiger partial charge on any atom is 0.0704 e. The molecule has 2 aliphatic rings. The van der Waals surface area contributed by atoms with Crippen LogP contribution in [0.4, 0.5) is 0 Å². The Morgan fingerprint density at radius 3 is 2.35 bits per heavy atom. The third kappa shape index (κ3) is 6.06. The van der Waals surface area contributed by atoms with Crippen molar-refractivity contribution in [2.75, 3.05) is 59.6 Å². The summed E-state index contributed by atoms with van der Waals surface area (Å²) in [6.45, 7) is 7.85. The average molecular weight is 285 g/mol. The van der Waals surface area contributed by atoms with Crippen molar-refractivity contribution in [2.45, 2.75) is 37.8 Å². The summed E-state index contributed by atoms with van der Waals surface area (Å²) in [7, 11) is 2.17. The summed E-state index contributed by atoms with van der Waals surface area (Å²) in [4.78, 5) is 4.81. The molecule has 0 aromatic heterocycles. The third-order valence-corrected chi connectivity index (χ3v) is 4.43. The summed E-state index contributed by atoms with van der Waals surface area (Å²) in [5, 5.41) is 0. The number of piperidine rings is 2. The molecule has 0 aromatic carbocycles. The zero-order chi connectivity index (χ0) is 14.2. The fourth-order valence-electron chi connectivity index (χ4n) is 2.90. The first-order valence-corrected chi connectivity index (χ1v) is 8.10. The monoisotopic (exact) mass is 285 g/mol. The fourth-order valence-corrected chi connectivity index (χ4v) is 2.90. The second-order valence-electron chi connectivity index (χ2n) is 6.16. The van der Waals surface area contributed by atoms with E-state index in [1.165, 1.54) is 0 Å². The van der Waals surface area contributed by atoms with E-state index in [0.717, 1.165) is 78.2 Å². The van der Waals surface area contributed by atoms with Crippen LogP contribution in [0, 0.1) is 0 Å². The molecule has 2 saturated heterocycles. The lowest BCUT2D eigenvalue weighted by Gasteiger charge is -2.30. The summed E-state index contributed by atoms with van der Waals surface area (Å²) < 4.78 is 11.5. The first-order valence-electron chi connectivity index (χ1n) is 8.10. The fraction of sp³-hybridized carbons (Fsp3) is 1.00. The molecule has 0 saturated carbocycles. The van der Waals surface area contributed by atoms with Gasteiger partial charge in [0.15, 0.2) is 0 Å². The maximum atomic E-state index is 5.89. The molecule has 0 aromatic rings. The predicted octanol–water partition coefficient (Wildman–Crippen LogP) is 0.537. The molecule has 2 aliphatic heterocycles. The smallest absolute Gasteiger partial charge is 0.0704 e. The highest BCUT2D eigenvalue weighted by Crippen LogP contribution is 2.11. The Morgan fingerprint density at radius 1 is 0.950 bits per heavy atom. The number of rotatable bonds is 7. The standard InChI is InChI=1S/C15H31N3O2/c1-17-6-4-15(5-7-17)20-13-12-19-11-10-18-8-2-14(16)3-9-18/h14-15H,2-13,16H2,1H3. The number of nitrogens with zero attached hydrogens (tertiary/aromatic N) is 2. The van der Waals surface area contributed by atoms with Gasteiger partial charge in [-0.25, -0.2) is 0 Å². The van der Waals surface area contributed by atoms with Gasteiger partial charge >= 0.3 is 0 Å². The van der Waals surface area contributed by atoms with Gasteiger partial charge in [-0.3, -0.25) is 0 Å². The number of hydrogen-bond donors (Lipinski definition) is 1. The van der Waals surface area contributed by atoms with E-state index >= 15 is 0 Å². The van der Waals surface area contributed by atoms with E-state index in [2.05, 4.69) is 16.8 Å². The minimum Gasteiger partial charge on any atom is -0.378 e. The van der Waals surface area contributed by atoms with Crippen molar-refractivity contribution in [1.82, 2.24) is 9.80 Å².